The molecule has 8 nitrogen and oxygen atoms in total. The first kappa shape index (κ1) is 21.5. The van der Waals surface area contributed by atoms with E-state index in [0.29, 0.717) is 43.4 Å². The normalized spacial score (nSPS) is 23.2. The first-order valence-electron chi connectivity index (χ1n) is 11.3. The first-order chi connectivity index (χ1) is 15.9. The Kier molecular flexibility index (Phi) is 5.54. The molecule has 2 aromatic carbocycles. The van der Waals surface area contributed by atoms with E-state index in [0.717, 1.165) is 11.1 Å². The van der Waals surface area contributed by atoms with Crippen LogP contribution in [0, 0.1) is 13.8 Å². The van der Waals surface area contributed by atoms with Gasteiger partial charge in [-0.05, 0) is 49.2 Å². The molecule has 0 N–H and O–H groups in total. The van der Waals surface area contributed by atoms with Gasteiger partial charge in [0.25, 0.3) is 11.8 Å². The van der Waals surface area contributed by atoms with E-state index in [1.165, 1.54) is 4.90 Å². The average Bonchev–Trinajstić information content (AvgIpc) is 3.11. The molecule has 0 aliphatic carbocycles. The van der Waals surface area contributed by atoms with Crippen molar-refractivity contribution in [3.8, 4) is 11.5 Å². The molecule has 0 bridgehead atoms. The highest BCUT2D eigenvalue weighted by atomic mass is 16.6. The molecular weight excluding hydrogens is 422 g/mol. The molecule has 2 fully saturated rings. The number of ether oxygens (including phenoxy) is 2. The van der Waals surface area contributed by atoms with Gasteiger partial charge < -0.3 is 14.4 Å². The molecule has 5 rings (SSSR count). The molecule has 2 aromatic rings. The summed E-state index contributed by atoms with van der Waals surface area (Å²) < 4.78 is 11.5. The number of hydrogen-bond donors (Lipinski definition) is 0. The molecule has 0 saturated carbocycles. The van der Waals surface area contributed by atoms with Gasteiger partial charge in [0.1, 0.15) is 6.61 Å². The van der Waals surface area contributed by atoms with E-state index in [9.17, 15) is 14.4 Å². The summed E-state index contributed by atoms with van der Waals surface area (Å²) in [4.78, 5) is 43.9. The quantitative estimate of drug-likeness (QED) is 0.667. The first-order valence-corrected chi connectivity index (χ1v) is 11.3. The molecule has 8 heteroatoms. The van der Waals surface area contributed by atoms with Gasteiger partial charge in [-0.2, -0.15) is 0 Å². The van der Waals surface area contributed by atoms with Crippen LogP contribution in [-0.2, 0) is 14.4 Å². The molecule has 3 heterocycles. The topological polar surface area (TPSA) is 79.4 Å². The third-order valence-corrected chi connectivity index (χ3v) is 6.44. The van der Waals surface area contributed by atoms with Crippen molar-refractivity contribution in [2.24, 2.45) is 0 Å². The second-order valence-electron chi connectivity index (χ2n) is 8.86. The summed E-state index contributed by atoms with van der Waals surface area (Å²) >= 11 is 0. The van der Waals surface area contributed by atoms with Gasteiger partial charge in [-0.25, -0.2) is 4.90 Å². The number of piperazine rings is 1. The molecule has 33 heavy (non-hydrogen) atoms. The fourth-order valence-corrected chi connectivity index (χ4v) is 4.85. The van der Waals surface area contributed by atoms with Crippen molar-refractivity contribution < 1.29 is 23.9 Å². The third-order valence-electron chi connectivity index (χ3n) is 6.44. The van der Waals surface area contributed by atoms with Crippen LogP contribution in [-0.4, -0.2) is 72.5 Å². The monoisotopic (exact) mass is 449 g/mol. The summed E-state index contributed by atoms with van der Waals surface area (Å²) in [6.07, 6.45) is -0.517. The Bertz CT molecular complexity index is 1090. The van der Waals surface area contributed by atoms with Crippen LogP contribution in [0.1, 0.15) is 17.5 Å². The van der Waals surface area contributed by atoms with Crippen LogP contribution >= 0.6 is 0 Å². The Balaban J connectivity index is 1.21. The second kappa shape index (κ2) is 8.51. The van der Waals surface area contributed by atoms with Crippen molar-refractivity contribution in [1.82, 2.24) is 9.80 Å². The fourth-order valence-electron chi connectivity index (χ4n) is 4.85. The number of fused-ring (bicyclic) bond motifs is 1. The van der Waals surface area contributed by atoms with Crippen molar-refractivity contribution in [1.29, 1.82) is 0 Å². The van der Waals surface area contributed by atoms with Crippen LogP contribution in [0.25, 0.3) is 0 Å². The minimum atomic E-state index is -0.679. The zero-order valence-electron chi connectivity index (χ0n) is 18.8. The Morgan fingerprint density at radius 3 is 2.30 bits per heavy atom. The van der Waals surface area contributed by atoms with Crippen LogP contribution in [0.4, 0.5) is 5.69 Å². The highest BCUT2D eigenvalue weighted by Gasteiger charge is 2.44. The third kappa shape index (κ3) is 4.06. The van der Waals surface area contributed by atoms with Gasteiger partial charge in [0.05, 0.1) is 18.2 Å². The van der Waals surface area contributed by atoms with Gasteiger partial charge in [-0.15, -0.1) is 0 Å². The molecule has 0 unspecified atom stereocenters. The predicted molar refractivity (Wildman–Crippen MR) is 121 cm³/mol. The molecule has 2 atom stereocenters. The van der Waals surface area contributed by atoms with Gasteiger partial charge in [-0.1, -0.05) is 18.2 Å². The maximum Gasteiger partial charge on any atom is 0.267 e. The number of benzene rings is 2. The summed E-state index contributed by atoms with van der Waals surface area (Å²) in [5, 5.41) is 0. The van der Waals surface area contributed by atoms with E-state index in [1.807, 2.05) is 55.1 Å². The number of imide groups is 1. The van der Waals surface area contributed by atoms with E-state index >= 15 is 0 Å². The largest absolute Gasteiger partial charge is 0.485 e. The van der Waals surface area contributed by atoms with Gasteiger partial charge in [0.15, 0.2) is 11.5 Å². The number of aryl methyl sites for hydroxylation is 2. The highest BCUT2D eigenvalue weighted by Crippen LogP contribution is 2.32. The number of para-hydroxylation sites is 2. The Labute approximate surface area is 192 Å². The minimum Gasteiger partial charge on any atom is -0.485 e. The van der Waals surface area contributed by atoms with Crippen molar-refractivity contribution >= 4 is 23.4 Å². The molecule has 2 saturated heterocycles. The van der Waals surface area contributed by atoms with Crippen LogP contribution in [0.2, 0.25) is 0 Å². The average molecular weight is 450 g/mol. The maximum atomic E-state index is 13.2. The number of rotatable bonds is 3. The van der Waals surface area contributed by atoms with E-state index in [4.69, 9.17) is 9.47 Å². The number of hydrogen-bond acceptors (Lipinski definition) is 6. The smallest absolute Gasteiger partial charge is 0.267 e. The maximum absolute atomic E-state index is 13.2. The summed E-state index contributed by atoms with van der Waals surface area (Å²) in [7, 11) is 0. The lowest BCUT2D eigenvalue weighted by atomic mass is 10.1. The van der Waals surface area contributed by atoms with E-state index < -0.39 is 12.1 Å². The van der Waals surface area contributed by atoms with Crippen LogP contribution in [0.15, 0.2) is 42.5 Å². The number of amides is 3. The summed E-state index contributed by atoms with van der Waals surface area (Å²) in [6.45, 7) is 6.09. The van der Waals surface area contributed by atoms with Crippen molar-refractivity contribution in [2.75, 3.05) is 37.7 Å². The van der Waals surface area contributed by atoms with Crippen molar-refractivity contribution in [2.45, 2.75) is 32.4 Å². The number of carbonyl (C=O) groups excluding carboxylic acids is 3. The van der Waals surface area contributed by atoms with Gasteiger partial charge in [0, 0.05) is 26.2 Å². The summed E-state index contributed by atoms with van der Waals surface area (Å²) in [5.41, 5.74) is 2.66. The lowest BCUT2D eigenvalue weighted by Crippen LogP contribution is -2.57. The van der Waals surface area contributed by atoms with E-state index in [1.54, 1.807) is 11.0 Å². The number of carbonyl (C=O) groups is 3. The molecular formula is C25H27N3O5. The molecule has 3 aliphatic heterocycles. The van der Waals surface area contributed by atoms with Crippen LogP contribution in [0.3, 0.4) is 0 Å². The predicted octanol–water partition coefficient (Wildman–Crippen LogP) is 1.92. The lowest BCUT2D eigenvalue weighted by molar-refractivity contribution is -0.143. The standard InChI is InChI=1S/C25H27N3O5/c1-16-11-17(2)13-18(12-16)28-23(29)14-19(24(28)30)26-7-9-27(10-8-26)25(31)22-15-32-20-5-3-4-6-21(20)33-22/h3-6,11-13,19,22H,7-10,14-15H2,1-2H3/t19-,22-/m0/s1. The molecule has 0 spiro atoms. The van der Waals surface area contributed by atoms with E-state index in [-0.39, 0.29) is 30.7 Å². The zero-order valence-corrected chi connectivity index (χ0v) is 18.8. The summed E-state index contributed by atoms with van der Waals surface area (Å²) in [5.74, 6) is 0.728. The Morgan fingerprint density at radius 2 is 1.61 bits per heavy atom. The highest BCUT2D eigenvalue weighted by molar-refractivity contribution is 6.22. The summed E-state index contributed by atoms with van der Waals surface area (Å²) in [6, 6.07) is 12.6. The molecule has 3 aliphatic rings. The Morgan fingerprint density at radius 1 is 0.939 bits per heavy atom. The minimum absolute atomic E-state index is 0.116. The number of nitrogens with zero attached hydrogens (tertiary/aromatic N) is 3. The molecule has 3 amide bonds. The van der Waals surface area contributed by atoms with Crippen LogP contribution < -0.4 is 14.4 Å². The van der Waals surface area contributed by atoms with E-state index in [2.05, 4.69) is 0 Å². The Hall–Kier alpha value is -3.39. The number of anilines is 1. The van der Waals surface area contributed by atoms with Crippen molar-refractivity contribution in [3.63, 3.8) is 0 Å². The molecule has 0 radical (unpaired) electrons. The SMILES string of the molecule is Cc1cc(C)cc(N2C(=O)C[C@H](N3CCN(C(=O)[C@@H]4COc5ccccc5O4)CC3)C2=O)c1. The van der Waals surface area contributed by atoms with Gasteiger partial charge in [0.2, 0.25) is 12.0 Å². The van der Waals surface area contributed by atoms with Gasteiger partial charge in [-0.3, -0.25) is 19.3 Å². The second-order valence-corrected chi connectivity index (χ2v) is 8.86. The fraction of sp³-hybridized carbons (Fsp3) is 0.400. The lowest BCUT2D eigenvalue weighted by Gasteiger charge is -2.38. The van der Waals surface area contributed by atoms with Crippen LogP contribution in [0.5, 0.6) is 11.5 Å². The zero-order chi connectivity index (χ0) is 23.1. The molecule has 172 valence electrons. The van der Waals surface area contributed by atoms with Crippen molar-refractivity contribution in [3.05, 3.63) is 53.6 Å². The molecule has 0 aromatic heterocycles. The van der Waals surface area contributed by atoms with Gasteiger partial charge >= 0.3 is 0 Å².